The summed E-state index contributed by atoms with van der Waals surface area (Å²) in [4.78, 5) is 50.7. The smallest absolute Gasteiger partial charge is 0.408 e. The minimum Gasteiger partial charge on any atom is -0.497 e. The number of ether oxygens (including phenoxy) is 2. The van der Waals surface area contributed by atoms with E-state index in [4.69, 9.17) is 9.47 Å². The van der Waals surface area contributed by atoms with Gasteiger partial charge in [-0.2, -0.15) is 0 Å². The van der Waals surface area contributed by atoms with Gasteiger partial charge in [-0.1, -0.05) is 70.2 Å². The van der Waals surface area contributed by atoms with Gasteiger partial charge in [-0.25, -0.2) is 4.79 Å². The molecule has 0 bridgehead atoms. The van der Waals surface area contributed by atoms with Gasteiger partial charge in [-0.3, -0.25) is 9.59 Å². The van der Waals surface area contributed by atoms with Crippen LogP contribution in [0.4, 0.5) is 4.79 Å². The molecule has 0 saturated carbocycles. The Balaban J connectivity index is 2.04. The molecule has 0 aliphatic carbocycles. The molecule has 9 nitrogen and oxygen atoms in total. The summed E-state index contributed by atoms with van der Waals surface area (Å²) >= 11 is 0. The lowest BCUT2D eigenvalue weighted by molar-refractivity contribution is -0.131. The van der Waals surface area contributed by atoms with E-state index in [1.807, 2.05) is 70.2 Å². The summed E-state index contributed by atoms with van der Waals surface area (Å²) in [6.07, 6.45) is 0.981. The van der Waals surface area contributed by atoms with Crippen LogP contribution >= 0.6 is 0 Å². The van der Waals surface area contributed by atoms with E-state index in [9.17, 15) is 19.2 Å². The van der Waals surface area contributed by atoms with Gasteiger partial charge in [0, 0.05) is 0 Å². The first-order chi connectivity index (χ1) is 18.6. The molecule has 0 radical (unpaired) electrons. The number of hydrogen-bond donors (Lipinski definition) is 3. The fourth-order valence-electron chi connectivity index (χ4n) is 4.02. The van der Waals surface area contributed by atoms with Gasteiger partial charge in [0.2, 0.25) is 11.8 Å². The minimum absolute atomic E-state index is 0.0718. The first-order valence-electron chi connectivity index (χ1n) is 13.3. The van der Waals surface area contributed by atoms with Crippen molar-refractivity contribution >= 4 is 24.2 Å². The number of amides is 3. The van der Waals surface area contributed by atoms with Crippen LogP contribution in [0, 0.1) is 11.8 Å². The summed E-state index contributed by atoms with van der Waals surface area (Å²) in [6, 6.07) is 13.9. The van der Waals surface area contributed by atoms with Crippen LogP contribution in [-0.2, 0) is 32.1 Å². The van der Waals surface area contributed by atoms with E-state index >= 15 is 0 Å². The molecule has 0 spiro atoms. The van der Waals surface area contributed by atoms with E-state index in [2.05, 4.69) is 16.0 Å². The van der Waals surface area contributed by atoms with E-state index in [0.29, 0.717) is 31.3 Å². The molecule has 212 valence electrons. The molecule has 3 amide bonds. The first kappa shape index (κ1) is 31.3. The van der Waals surface area contributed by atoms with Crippen LogP contribution in [-0.4, -0.2) is 49.4 Å². The second-order valence-corrected chi connectivity index (χ2v) is 10.4. The molecule has 2 rings (SSSR count). The number of nitrogens with one attached hydrogen (secondary N) is 3. The maximum Gasteiger partial charge on any atom is 0.408 e. The van der Waals surface area contributed by atoms with Crippen LogP contribution in [0.2, 0.25) is 0 Å². The Hall–Kier alpha value is -3.88. The minimum atomic E-state index is -0.892. The van der Waals surface area contributed by atoms with Crippen molar-refractivity contribution in [2.24, 2.45) is 11.8 Å². The molecule has 0 aromatic heterocycles. The van der Waals surface area contributed by atoms with Crippen molar-refractivity contribution in [2.45, 2.75) is 71.7 Å². The Morgan fingerprint density at radius 1 is 0.769 bits per heavy atom. The quantitative estimate of drug-likeness (QED) is 0.296. The third-order valence-electron chi connectivity index (χ3n) is 5.98. The van der Waals surface area contributed by atoms with E-state index in [1.54, 1.807) is 19.2 Å². The molecule has 3 atom stereocenters. The number of methoxy groups -OCH3 is 1. The second-order valence-electron chi connectivity index (χ2n) is 10.4. The number of carbonyl (C=O) groups is 4. The Labute approximate surface area is 231 Å². The molecule has 9 heteroatoms. The van der Waals surface area contributed by atoms with Crippen LogP contribution in [0.3, 0.4) is 0 Å². The molecule has 2 aromatic carbocycles. The molecule has 2 aromatic rings. The molecule has 0 saturated heterocycles. The predicted molar refractivity (Wildman–Crippen MR) is 149 cm³/mol. The van der Waals surface area contributed by atoms with Crippen molar-refractivity contribution < 1.29 is 28.7 Å². The summed E-state index contributed by atoms with van der Waals surface area (Å²) in [5.74, 6) is -0.0728. The Bertz CT molecular complexity index is 1060. The molecule has 0 aliphatic heterocycles. The van der Waals surface area contributed by atoms with E-state index < -0.39 is 36.0 Å². The predicted octanol–water partition coefficient (Wildman–Crippen LogP) is 3.79. The molecule has 0 aliphatic rings. The molecule has 0 fully saturated rings. The van der Waals surface area contributed by atoms with Crippen molar-refractivity contribution in [1.29, 1.82) is 0 Å². The number of aldehydes is 1. The zero-order valence-electron chi connectivity index (χ0n) is 23.4. The fourth-order valence-corrected chi connectivity index (χ4v) is 4.02. The van der Waals surface area contributed by atoms with Crippen LogP contribution in [0.15, 0.2) is 54.6 Å². The largest absolute Gasteiger partial charge is 0.497 e. The highest BCUT2D eigenvalue weighted by Crippen LogP contribution is 2.13. The van der Waals surface area contributed by atoms with Crippen LogP contribution in [0.5, 0.6) is 5.75 Å². The molecule has 3 N–H and O–H groups in total. The molecule has 0 heterocycles. The Kier molecular flexibility index (Phi) is 13.0. The van der Waals surface area contributed by atoms with Gasteiger partial charge in [0.25, 0.3) is 0 Å². The van der Waals surface area contributed by atoms with Crippen molar-refractivity contribution in [3.63, 3.8) is 0 Å². The molecular weight excluding hydrogens is 498 g/mol. The number of hydrogen-bond acceptors (Lipinski definition) is 6. The summed E-state index contributed by atoms with van der Waals surface area (Å²) in [5, 5.41) is 8.17. The zero-order valence-corrected chi connectivity index (χ0v) is 23.4. The lowest BCUT2D eigenvalue weighted by Gasteiger charge is -2.26. The normalized spacial score (nSPS) is 13.2. The third kappa shape index (κ3) is 11.6. The van der Waals surface area contributed by atoms with Gasteiger partial charge in [-0.15, -0.1) is 0 Å². The standard InChI is InChI=1S/C30H41N3O6/c1-20(2)15-26(28(35)31-24(18-34)17-22-11-13-25(38-5)14-12-22)32-29(36)27(16-21(3)4)33-30(37)39-19-23-9-7-6-8-10-23/h6-14,18,20-21,24,26-27H,15-17,19H2,1-5H3,(H,31,35)(H,32,36)(H,33,37)/t24?,26-,27?/m0/s1. The van der Waals surface area contributed by atoms with Gasteiger partial charge in [0.05, 0.1) is 13.2 Å². The summed E-state index contributed by atoms with van der Waals surface area (Å²) in [7, 11) is 1.57. The highest BCUT2D eigenvalue weighted by molar-refractivity contribution is 5.92. The monoisotopic (exact) mass is 539 g/mol. The highest BCUT2D eigenvalue weighted by atomic mass is 16.5. The van der Waals surface area contributed by atoms with Gasteiger partial charge >= 0.3 is 6.09 Å². The van der Waals surface area contributed by atoms with E-state index in [-0.39, 0.29) is 18.4 Å². The maximum atomic E-state index is 13.2. The average Bonchev–Trinajstić information content (AvgIpc) is 2.91. The van der Waals surface area contributed by atoms with Crippen LogP contribution in [0.1, 0.15) is 51.7 Å². The summed E-state index contributed by atoms with van der Waals surface area (Å²) < 4.78 is 10.4. The van der Waals surface area contributed by atoms with E-state index in [0.717, 1.165) is 11.1 Å². The lowest BCUT2D eigenvalue weighted by Crippen LogP contribution is -2.55. The number of alkyl carbamates (subject to hydrolysis) is 1. The molecular formula is C30H41N3O6. The van der Waals surface area contributed by atoms with Crippen molar-refractivity contribution in [3.8, 4) is 5.75 Å². The van der Waals surface area contributed by atoms with Crippen molar-refractivity contribution in [2.75, 3.05) is 7.11 Å². The van der Waals surface area contributed by atoms with Crippen LogP contribution < -0.4 is 20.7 Å². The fraction of sp³-hybridized carbons (Fsp3) is 0.467. The topological polar surface area (TPSA) is 123 Å². The molecule has 2 unspecified atom stereocenters. The van der Waals surface area contributed by atoms with Crippen molar-refractivity contribution in [1.82, 2.24) is 16.0 Å². The van der Waals surface area contributed by atoms with Crippen LogP contribution in [0.25, 0.3) is 0 Å². The second kappa shape index (κ2) is 16.2. The number of benzene rings is 2. The lowest BCUT2D eigenvalue weighted by atomic mass is 9.99. The SMILES string of the molecule is COc1ccc(CC(C=O)NC(=O)[C@H](CC(C)C)NC(=O)C(CC(C)C)NC(=O)OCc2ccccc2)cc1. The van der Waals surface area contributed by atoms with Gasteiger partial charge in [-0.05, 0) is 54.4 Å². The first-order valence-corrected chi connectivity index (χ1v) is 13.3. The van der Waals surface area contributed by atoms with Gasteiger partial charge in [0.15, 0.2) is 0 Å². The average molecular weight is 540 g/mol. The Morgan fingerprint density at radius 2 is 1.33 bits per heavy atom. The van der Waals surface area contributed by atoms with Gasteiger partial charge in [0.1, 0.15) is 30.7 Å². The summed E-state index contributed by atoms with van der Waals surface area (Å²) in [6.45, 7) is 7.81. The van der Waals surface area contributed by atoms with Crippen molar-refractivity contribution in [3.05, 3.63) is 65.7 Å². The van der Waals surface area contributed by atoms with E-state index in [1.165, 1.54) is 0 Å². The zero-order chi connectivity index (χ0) is 28.8. The Morgan fingerprint density at radius 3 is 1.87 bits per heavy atom. The highest BCUT2D eigenvalue weighted by Gasteiger charge is 2.29. The number of rotatable bonds is 15. The van der Waals surface area contributed by atoms with Gasteiger partial charge < -0.3 is 30.2 Å². The molecule has 39 heavy (non-hydrogen) atoms. The number of carbonyl (C=O) groups excluding carboxylic acids is 4. The third-order valence-corrected chi connectivity index (χ3v) is 5.98. The maximum absolute atomic E-state index is 13.2. The summed E-state index contributed by atoms with van der Waals surface area (Å²) in [5.41, 5.74) is 1.68.